The number of hydrogen-bond acceptors (Lipinski definition) is 4. The zero-order valence-electron chi connectivity index (χ0n) is 16.4. The van der Waals surface area contributed by atoms with Crippen molar-refractivity contribution in [2.24, 2.45) is 0 Å². The maximum Gasteiger partial charge on any atom is 0.268 e. The monoisotopic (exact) mass is 399 g/mol. The largest absolute Gasteiger partial charge is 0.481 e. The van der Waals surface area contributed by atoms with E-state index < -0.39 is 6.10 Å². The molecule has 0 spiro atoms. The molecule has 5 heteroatoms. The molecule has 30 heavy (non-hydrogen) atoms. The molecule has 1 atom stereocenters. The lowest BCUT2D eigenvalue weighted by Gasteiger charge is -2.18. The van der Waals surface area contributed by atoms with Gasteiger partial charge in [0.15, 0.2) is 11.9 Å². The van der Waals surface area contributed by atoms with E-state index in [-0.39, 0.29) is 11.7 Å². The van der Waals surface area contributed by atoms with Gasteiger partial charge in [-0.05, 0) is 60.5 Å². The van der Waals surface area contributed by atoms with Gasteiger partial charge in [0.1, 0.15) is 17.2 Å². The average molecular weight is 399 g/mol. The summed E-state index contributed by atoms with van der Waals surface area (Å²) in [5.74, 6) is 2.17. The van der Waals surface area contributed by atoms with Crippen LogP contribution < -0.4 is 14.4 Å². The van der Waals surface area contributed by atoms with Crippen LogP contribution in [0.3, 0.4) is 0 Å². The Morgan fingerprint density at radius 2 is 1.53 bits per heavy atom. The fourth-order valence-electron chi connectivity index (χ4n) is 3.99. The molecule has 5 nitrogen and oxygen atoms in total. The molecular formula is C25H21NO4. The lowest BCUT2D eigenvalue weighted by molar-refractivity contribution is -0.122. The quantitative estimate of drug-likeness (QED) is 0.619. The Bertz CT molecular complexity index is 1090. The first-order valence-corrected chi connectivity index (χ1v) is 10.1. The van der Waals surface area contributed by atoms with Crippen LogP contribution in [0.2, 0.25) is 0 Å². The lowest BCUT2D eigenvalue weighted by atomic mass is 10.1. The van der Waals surface area contributed by atoms with Gasteiger partial charge in [-0.2, -0.15) is 0 Å². The molecule has 3 aromatic carbocycles. The number of amides is 1. The summed E-state index contributed by atoms with van der Waals surface area (Å²) in [6, 6.07) is 22.6. The van der Waals surface area contributed by atoms with Crippen LogP contribution in [0.5, 0.6) is 17.2 Å². The average Bonchev–Trinajstić information content (AvgIpc) is 3.33. The number of hydrogen-bond donors (Lipinski definition) is 0. The van der Waals surface area contributed by atoms with Crippen LogP contribution >= 0.6 is 0 Å². The maximum absolute atomic E-state index is 12.9. The van der Waals surface area contributed by atoms with Gasteiger partial charge in [-0.3, -0.25) is 9.59 Å². The van der Waals surface area contributed by atoms with E-state index in [2.05, 4.69) is 0 Å². The minimum absolute atomic E-state index is 0.0787. The molecular weight excluding hydrogens is 378 g/mol. The predicted octanol–water partition coefficient (Wildman–Crippen LogP) is 4.79. The highest BCUT2D eigenvalue weighted by molar-refractivity contribution is 6.04. The topological polar surface area (TPSA) is 55.8 Å². The van der Waals surface area contributed by atoms with Gasteiger partial charge in [0, 0.05) is 30.6 Å². The van der Waals surface area contributed by atoms with E-state index in [9.17, 15) is 9.59 Å². The third-order valence-electron chi connectivity index (χ3n) is 5.56. The SMILES string of the molecule is O=C1CCc2ccc(N3CC[C@@H](Oc4ccc(Oc5ccccc5)cc4)C3=O)cc21. The number of Topliss-reactive ketones (excluding diaryl/α,β-unsaturated/α-hetero) is 1. The van der Waals surface area contributed by atoms with Crippen molar-refractivity contribution < 1.29 is 19.1 Å². The first kappa shape index (κ1) is 18.4. The summed E-state index contributed by atoms with van der Waals surface area (Å²) < 4.78 is 11.7. The number of para-hydroxylation sites is 1. The molecule has 0 radical (unpaired) electrons. The number of fused-ring (bicyclic) bond motifs is 1. The second-order valence-electron chi connectivity index (χ2n) is 7.54. The number of rotatable bonds is 5. The van der Waals surface area contributed by atoms with Crippen LogP contribution in [-0.2, 0) is 11.2 Å². The smallest absolute Gasteiger partial charge is 0.268 e. The second kappa shape index (κ2) is 7.67. The van der Waals surface area contributed by atoms with Gasteiger partial charge in [0.05, 0.1) is 0 Å². The molecule has 3 aromatic rings. The molecule has 0 bridgehead atoms. The van der Waals surface area contributed by atoms with Crippen molar-refractivity contribution >= 4 is 17.4 Å². The molecule has 1 heterocycles. The van der Waals surface area contributed by atoms with Crippen molar-refractivity contribution in [3.05, 3.63) is 83.9 Å². The van der Waals surface area contributed by atoms with Gasteiger partial charge in [-0.15, -0.1) is 0 Å². The van der Waals surface area contributed by atoms with E-state index in [4.69, 9.17) is 9.47 Å². The first-order valence-electron chi connectivity index (χ1n) is 10.1. The molecule has 1 saturated heterocycles. The van der Waals surface area contributed by atoms with E-state index >= 15 is 0 Å². The Morgan fingerprint density at radius 3 is 2.33 bits per heavy atom. The molecule has 1 amide bonds. The summed E-state index contributed by atoms with van der Waals surface area (Å²) in [5.41, 5.74) is 2.59. The van der Waals surface area contributed by atoms with Crippen LogP contribution in [0.1, 0.15) is 28.8 Å². The molecule has 0 unspecified atom stereocenters. The molecule has 1 fully saturated rings. The summed E-state index contributed by atoms with van der Waals surface area (Å²) in [5, 5.41) is 0. The van der Waals surface area contributed by atoms with Crippen LogP contribution in [0.25, 0.3) is 0 Å². The minimum Gasteiger partial charge on any atom is -0.481 e. The Labute approximate surface area is 174 Å². The van der Waals surface area contributed by atoms with E-state index in [1.54, 1.807) is 4.90 Å². The van der Waals surface area contributed by atoms with Crippen LogP contribution in [-0.4, -0.2) is 24.3 Å². The standard InChI is InChI=1S/C25H21NO4/c27-23-13-7-17-6-8-18(16-22(17)23)26-15-14-24(25(26)28)30-21-11-9-20(10-12-21)29-19-4-2-1-3-5-19/h1-6,8-12,16,24H,7,13-15H2/t24-/m1/s1. The Hall–Kier alpha value is -3.60. The summed E-state index contributed by atoms with van der Waals surface area (Å²) >= 11 is 0. The minimum atomic E-state index is -0.533. The third-order valence-corrected chi connectivity index (χ3v) is 5.56. The van der Waals surface area contributed by atoms with Crippen molar-refractivity contribution in [1.29, 1.82) is 0 Å². The van der Waals surface area contributed by atoms with Crippen molar-refractivity contribution in [3.8, 4) is 17.2 Å². The molecule has 1 aliphatic carbocycles. The number of carbonyl (C=O) groups excluding carboxylic acids is 2. The van der Waals surface area contributed by atoms with Crippen molar-refractivity contribution in [3.63, 3.8) is 0 Å². The van der Waals surface area contributed by atoms with Gasteiger partial charge in [-0.1, -0.05) is 24.3 Å². The highest BCUT2D eigenvalue weighted by Gasteiger charge is 2.35. The number of ketones is 1. The number of aryl methyl sites for hydroxylation is 1. The van der Waals surface area contributed by atoms with Crippen LogP contribution in [0.15, 0.2) is 72.8 Å². The zero-order valence-corrected chi connectivity index (χ0v) is 16.4. The fraction of sp³-hybridized carbons (Fsp3) is 0.200. The van der Waals surface area contributed by atoms with Gasteiger partial charge < -0.3 is 14.4 Å². The molecule has 0 aromatic heterocycles. The first-order chi connectivity index (χ1) is 14.7. The van der Waals surface area contributed by atoms with Crippen LogP contribution in [0.4, 0.5) is 5.69 Å². The Kier molecular flexibility index (Phi) is 4.71. The van der Waals surface area contributed by atoms with E-state index in [0.717, 1.165) is 29.0 Å². The van der Waals surface area contributed by atoms with Gasteiger partial charge >= 0.3 is 0 Å². The molecule has 150 valence electrons. The highest BCUT2D eigenvalue weighted by atomic mass is 16.5. The zero-order chi connectivity index (χ0) is 20.5. The molecule has 0 saturated carbocycles. The second-order valence-corrected chi connectivity index (χ2v) is 7.54. The predicted molar refractivity (Wildman–Crippen MR) is 113 cm³/mol. The molecule has 2 aliphatic rings. The number of ether oxygens (including phenoxy) is 2. The molecule has 5 rings (SSSR count). The number of nitrogens with zero attached hydrogens (tertiary/aromatic N) is 1. The molecule has 0 N–H and O–H groups in total. The normalized spacial score (nSPS) is 17.9. The van der Waals surface area contributed by atoms with Gasteiger partial charge in [-0.25, -0.2) is 0 Å². The number of anilines is 1. The Balaban J connectivity index is 1.25. The van der Waals surface area contributed by atoms with Crippen molar-refractivity contribution in [2.45, 2.75) is 25.4 Å². The summed E-state index contributed by atoms with van der Waals surface area (Å²) in [6.45, 7) is 0.575. The van der Waals surface area contributed by atoms with E-state index in [1.165, 1.54) is 0 Å². The van der Waals surface area contributed by atoms with Crippen LogP contribution in [0, 0.1) is 0 Å². The highest BCUT2D eigenvalue weighted by Crippen LogP contribution is 2.31. The van der Waals surface area contributed by atoms with Crippen molar-refractivity contribution in [2.75, 3.05) is 11.4 Å². The number of carbonyl (C=O) groups is 2. The summed E-state index contributed by atoms with van der Waals surface area (Å²) in [4.78, 5) is 26.6. The fourth-order valence-corrected chi connectivity index (χ4v) is 3.99. The summed E-state index contributed by atoms with van der Waals surface area (Å²) in [6.07, 6.45) is 1.42. The third kappa shape index (κ3) is 3.54. The molecule has 1 aliphatic heterocycles. The van der Waals surface area contributed by atoms with Gasteiger partial charge in [0.2, 0.25) is 0 Å². The lowest BCUT2D eigenvalue weighted by Crippen LogP contribution is -2.32. The Morgan fingerprint density at radius 1 is 0.800 bits per heavy atom. The summed E-state index contributed by atoms with van der Waals surface area (Å²) in [7, 11) is 0. The van der Waals surface area contributed by atoms with E-state index in [0.29, 0.717) is 30.9 Å². The van der Waals surface area contributed by atoms with E-state index in [1.807, 2.05) is 72.8 Å². The number of benzene rings is 3. The van der Waals surface area contributed by atoms with Crippen molar-refractivity contribution in [1.82, 2.24) is 0 Å². The van der Waals surface area contributed by atoms with Gasteiger partial charge in [0.25, 0.3) is 5.91 Å². The maximum atomic E-state index is 12.9.